The zero-order chi connectivity index (χ0) is 20.7. The summed E-state index contributed by atoms with van der Waals surface area (Å²) in [4.78, 5) is 29.8. The number of Topliss-reactive ketones (excluding diaryl/α,β-unsaturated/α-hetero) is 1. The van der Waals surface area contributed by atoms with Crippen LogP contribution in [0.15, 0.2) is 64.8 Å². The number of nitrogens with zero attached hydrogens (tertiary/aromatic N) is 1. The third kappa shape index (κ3) is 3.58. The first-order valence-corrected chi connectivity index (χ1v) is 9.81. The monoisotopic (exact) mass is 409 g/mol. The molecule has 0 aromatic heterocycles. The number of hydrogen-bond acceptors (Lipinski definition) is 4. The number of halogens is 1. The number of benzene rings is 2. The summed E-state index contributed by atoms with van der Waals surface area (Å²) < 4.78 is 0. The van der Waals surface area contributed by atoms with Crippen molar-refractivity contribution in [3.05, 3.63) is 76.0 Å². The summed E-state index contributed by atoms with van der Waals surface area (Å²) in [5.41, 5.74) is 3.19. The molecule has 5 nitrogen and oxygen atoms in total. The van der Waals surface area contributed by atoms with Gasteiger partial charge in [-0.2, -0.15) is 0 Å². The Kier molecular flexibility index (Phi) is 5.01. The highest BCUT2D eigenvalue weighted by molar-refractivity contribution is 6.30. The SMILES string of the molecule is CC1=NC2=C(C(=O)CC(c3ccc(Cl)cc3)C2)C(c2cccc(O)c2)C1C(=O)O. The Balaban J connectivity index is 1.80. The van der Waals surface area contributed by atoms with Gasteiger partial charge in [0, 0.05) is 34.3 Å². The number of carboxylic acids is 1. The number of aromatic hydroxyl groups is 1. The maximum Gasteiger partial charge on any atom is 0.313 e. The van der Waals surface area contributed by atoms with Gasteiger partial charge in [-0.1, -0.05) is 35.9 Å². The minimum Gasteiger partial charge on any atom is -0.508 e. The molecular weight excluding hydrogens is 390 g/mol. The molecule has 1 heterocycles. The number of carbonyl (C=O) groups excluding carboxylic acids is 1. The van der Waals surface area contributed by atoms with E-state index in [2.05, 4.69) is 4.99 Å². The van der Waals surface area contributed by atoms with E-state index in [0.717, 1.165) is 5.56 Å². The first-order chi connectivity index (χ1) is 13.8. The van der Waals surface area contributed by atoms with Gasteiger partial charge in [0.25, 0.3) is 0 Å². The second-order valence-electron chi connectivity index (χ2n) is 7.58. The van der Waals surface area contributed by atoms with E-state index in [1.807, 2.05) is 12.1 Å². The largest absolute Gasteiger partial charge is 0.508 e. The van der Waals surface area contributed by atoms with Gasteiger partial charge >= 0.3 is 5.97 Å². The molecule has 0 spiro atoms. The van der Waals surface area contributed by atoms with E-state index in [1.165, 1.54) is 12.1 Å². The minimum absolute atomic E-state index is 0.0266. The summed E-state index contributed by atoms with van der Waals surface area (Å²) in [5, 5.41) is 20.4. The van der Waals surface area contributed by atoms with Crippen molar-refractivity contribution in [2.75, 3.05) is 0 Å². The Morgan fingerprint density at radius 2 is 1.83 bits per heavy atom. The average molecular weight is 410 g/mol. The molecule has 4 rings (SSSR count). The number of carboxylic acid groups (broad SMARTS) is 1. The highest BCUT2D eigenvalue weighted by Gasteiger charge is 2.44. The van der Waals surface area contributed by atoms with E-state index in [4.69, 9.17) is 11.6 Å². The molecule has 0 saturated heterocycles. The first-order valence-electron chi connectivity index (χ1n) is 9.43. The molecule has 29 heavy (non-hydrogen) atoms. The number of ketones is 1. The number of carbonyl (C=O) groups is 2. The number of phenolic OH excluding ortho intramolecular Hbond substituents is 1. The molecule has 3 atom stereocenters. The second kappa shape index (κ2) is 7.48. The molecule has 0 saturated carbocycles. The fourth-order valence-electron chi connectivity index (χ4n) is 4.43. The van der Waals surface area contributed by atoms with E-state index in [0.29, 0.717) is 34.0 Å². The lowest BCUT2D eigenvalue weighted by Gasteiger charge is -2.36. The average Bonchev–Trinajstić information content (AvgIpc) is 2.67. The number of aliphatic carboxylic acids is 1. The molecule has 2 aliphatic rings. The number of aliphatic imine (C=N–C) groups is 1. The van der Waals surface area contributed by atoms with Crippen molar-refractivity contribution < 1.29 is 19.8 Å². The molecule has 0 fully saturated rings. The fourth-order valence-corrected chi connectivity index (χ4v) is 4.55. The van der Waals surface area contributed by atoms with Crippen LogP contribution >= 0.6 is 11.6 Å². The van der Waals surface area contributed by atoms with Crippen LogP contribution in [0.2, 0.25) is 5.02 Å². The van der Waals surface area contributed by atoms with Crippen LogP contribution in [0.5, 0.6) is 5.75 Å². The van der Waals surface area contributed by atoms with Gasteiger partial charge in [0.1, 0.15) is 11.7 Å². The summed E-state index contributed by atoms with van der Waals surface area (Å²) >= 11 is 5.98. The van der Waals surface area contributed by atoms with Gasteiger partial charge in [-0.15, -0.1) is 0 Å². The summed E-state index contributed by atoms with van der Waals surface area (Å²) in [6.45, 7) is 1.69. The van der Waals surface area contributed by atoms with Crippen molar-refractivity contribution in [2.24, 2.45) is 10.9 Å². The normalized spacial score (nSPS) is 24.1. The summed E-state index contributed by atoms with van der Waals surface area (Å²) in [6.07, 6.45) is 0.846. The maximum atomic E-state index is 13.2. The Morgan fingerprint density at radius 1 is 1.10 bits per heavy atom. The van der Waals surface area contributed by atoms with Crippen molar-refractivity contribution in [1.29, 1.82) is 0 Å². The standard InChI is InChI=1S/C23H20ClNO4/c1-12-20(23(28)29)21(14-3-2-4-17(26)9-14)22-18(25-12)10-15(11-19(22)27)13-5-7-16(24)8-6-13/h2-9,15,20-21,26H,10-11H2,1H3,(H,28,29). The molecule has 1 aliphatic carbocycles. The quantitative estimate of drug-likeness (QED) is 0.768. The molecule has 0 radical (unpaired) electrons. The summed E-state index contributed by atoms with van der Waals surface area (Å²) in [7, 11) is 0. The van der Waals surface area contributed by atoms with Crippen LogP contribution in [0, 0.1) is 5.92 Å². The number of rotatable bonds is 3. The predicted octanol–water partition coefficient (Wildman–Crippen LogP) is 4.71. The lowest BCUT2D eigenvalue weighted by atomic mass is 9.69. The molecular formula is C23H20ClNO4. The van der Waals surface area contributed by atoms with Gasteiger partial charge in [-0.05, 0) is 54.7 Å². The maximum absolute atomic E-state index is 13.2. The molecule has 0 amide bonds. The Labute approximate surface area is 173 Å². The van der Waals surface area contributed by atoms with E-state index in [-0.39, 0.29) is 23.9 Å². The molecule has 0 bridgehead atoms. The van der Waals surface area contributed by atoms with Crippen LogP contribution in [0.4, 0.5) is 0 Å². The Hall–Kier alpha value is -2.92. The van der Waals surface area contributed by atoms with Crippen LogP contribution < -0.4 is 0 Å². The topological polar surface area (TPSA) is 87.0 Å². The third-order valence-electron chi connectivity index (χ3n) is 5.73. The molecule has 3 unspecified atom stereocenters. The predicted molar refractivity (Wildman–Crippen MR) is 111 cm³/mol. The van der Waals surface area contributed by atoms with Gasteiger partial charge in [-0.3, -0.25) is 14.6 Å². The van der Waals surface area contributed by atoms with Crippen molar-refractivity contribution >= 4 is 29.1 Å². The Bertz CT molecular complexity index is 1050. The van der Waals surface area contributed by atoms with Crippen molar-refractivity contribution in [3.63, 3.8) is 0 Å². The van der Waals surface area contributed by atoms with Crippen LogP contribution in [-0.2, 0) is 9.59 Å². The van der Waals surface area contributed by atoms with Crippen LogP contribution in [0.3, 0.4) is 0 Å². The van der Waals surface area contributed by atoms with Crippen LogP contribution in [0.25, 0.3) is 0 Å². The van der Waals surface area contributed by atoms with Crippen molar-refractivity contribution in [2.45, 2.75) is 31.6 Å². The molecule has 2 N–H and O–H groups in total. The number of phenols is 1. The van der Waals surface area contributed by atoms with Crippen LogP contribution in [-0.4, -0.2) is 27.7 Å². The number of hydrogen-bond donors (Lipinski definition) is 2. The molecule has 148 valence electrons. The molecule has 2 aromatic carbocycles. The first kappa shape index (κ1) is 19.4. The van der Waals surface area contributed by atoms with E-state index >= 15 is 0 Å². The van der Waals surface area contributed by atoms with Gasteiger partial charge in [0.05, 0.1) is 0 Å². The zero-order valence-corrected chi connectivity index (χ0v) is 16.6. The van der Waals surface area contributed by atoms with Gasteiger partial charge in [0.15, 0.2) is 5.78 Å². The van der Waals surface area contributed by atoms with Crippen molar-refractivity contribution in [1.82, 2.24) is 0 Å². The smallest absolute Gasteiger partial charge is 0.313 e. The van der Waals surface area contributed by atoms with E-state index < -0.39 is 17.8 Å². The molecule has 1 aliphatic heterocycles. The zero-order valence-electron chi connectivity index (χ0n) is 15.8. The van der Waals surface area contributed by atoms with E-state index in [1.54, 1.807) is 31.2 Å². The second-order valence-corrected chi connectivity index (χ2v) is 8.02. The van der Waals surface area contributed by atoms with E-state index in [9.17, 15) is 19.8 Å². The number of allylic oxidation sites excluding steroid dienone is 2. The van der Waals surface area contributed by atoms with Gasteiger partial charge in [-0.25, -0.2) is 0 Å². The van der Waals surface area contributed by atoms with Gasteiger partial charge < -0.3 is 10.2 Å². The van der Waals surface area contributed by atoms with Crippen molar-refractivity contribution in [3.8, 4) is 5.75 Å². The molecule has 6 heteroatoms. The summed E-state index contributed by atoms with van der Waals surface area (Å²) in [6, 6.07) is 13.9. The third-order valence-corrected chi connectivity index (χ3v) is 5.98. The summed E-state index contributed by atoms with van der Waals surface area (Å²) in [5.74, 6) is -2.71. The minimum atomic E-state index is -1.03. The Morgan fingerprint density at radius 3 is 2.48 bits per heavy atom. The fraction of sp³-hybridized carbons (Fsp3) is 0.261. The lowest BCUT2D eigenvalue weighted by molar-refractivity contribution is -0.139. The highest BCUT2D eigenvalue weighted by Crippen LogP contribution is 2.46. The molecule has 2 aromatic rings. The highest BCUT2D eigenvalue weighted by atomic mass is 35.5. The lowest BCUT2D eigenvalue weighted by Crippen LogP contribution is -2.37. The van der Waals surface area contributed by atoms with Crippen LogP contribution in [0.1, 0.15) is 42.7 Å². The van der Waals surface area contributed by atoms with Gasteiger partial charge in [0.2, 0.25) is 0 Å².